The van der Waals surface area contributed by atoms with Gasteiger partial charge in [-0.15, -0.1) is 0 Å². The molecule has 0 aromatic heterocycles. The second kappa shape index (κ2) is 15.6. The van der Waals surface area contributed by atoms with Gasteiger partial charge in [-0.05, 0) is 25.7 Å². The van der Waals surface area contributed by atoms with Crippen molar-refractivity contribution < 1.29 is 0 Å². The Morgan fingerprint density at radius 1 is 0.520 bits per heavy atom. The van der Waals surface area contributed by atoms with Gasteiger partial charge in [0.25, 0.3) is 0 Å². The van der Waals surface area contributed by atoms with E-state index in [1.54, 1.807) is 0 Å². The second-order valence-electron chi connectivity index (χ2n) is 7.93. The Kier molecular flexibility index (Phi) is 14.0. The normalized spacial score (nSPS) is 14.8. The van der Waals surface area contributed by atoms with E-state index in [2.05, 4.69) is 43.0 Å². The SMILES string of the molecule is CCCCCCCCC1N(CCCCCC)C=CN1CCCCCC. The lowest BCUT2D eigenvalue weighted by atomic mass is 10.1. The predicted molar refractivity (Wildman–Crippen MR) is 113 cm³/mol. The summed E-state index contributed by atoms with van der Waals surface area (Å²) >= 11 is 0. The van der Waals surface area contributed by atoms with Crippen LogP contribution >= 0.6 is 0 Å². The molecule has 0 aliphatic carbocycles. The number of rotatable bonds is 17. The Morgan fingerprint density at radius 3 is 1.40 bits per heavy atom. The first kappa shape index (κ1) is 22.4. The lowest BCUT2D eigenvalue weighted by Crippen LogP contribution is -2.39. The van der Waals surface area contributed by atoms with Crippen LogP contribution in [0.1, 0.15) is 117 Å². The Balaban J connectivity index is 2.34. The lowest BCUT2D eigenvalue weighted by molar-refractivity contribution is 0.135. The van der Waals surface area contributed by atoms with Crippen LogP contribution in [0.4, 0.5) is 0 Å². The molecule has 148 valence electrons. The summed E-state index contributed by atoms with van der Waals surface area (Å²) in [6, 6.07) is 0. The van der Waals surface area contributed by atoms with Crippen molar-refractivity contribution in [3.8, 4) is 0 Å². The zero-order valence-electron chi connectivity index (χ0n) is 17.6. The molecule has 1 aliphatic rings. The number of nitrogens with zero attached hydrogens (tertiary/aromatic N) is 2. The van der Waals surface area contributed by atoms with E-state index >= 15 is 0 Å². The molecule has 0 spiro atoms. The summed E-state index contributed by atoms with van der Waals surface area (Å²) in [5.41, 5.74) is 0. The van der Waals surface area contributed by atoms with Crippen LogP contribution in [-0.4, -0.2) is 29.1 Å². The van der Waals surface area contributed by atoms with Crippen molar-refractivity contribution in [3.05, 3.63) is 12.4 Å². The highest BCUT2D eigenvalue weighted by Gasteiger charge is 2.24. The summed E-state index contributed by atoms with van der Waals surface area (Å²) in [5.74, 6) is 0. The molecular weight excluding hydrogens is 304 g/mol. The highest BCUT2D eigenvalue weighted by molar-refractivity contribution is 4.96. The van der Waals surface area contributed by atoms with Gasteiger partial charge in [0.05, 0.1) is 0 Å². The van der Waals surface area contributed by atoms with Crippen molar-refractivity contribution in [2.24, 2.45) is 0 Å². The molecule has 0 saturated heterocycles. The maximum absolute atomic E-state index is 2.64. The molecule has 25 heavy (non-hydrogen) atoms. The van der Waals surface area contributed by atoms with Crippen LogP contribution in [0.2, 0.25) is 0 Å². The van der Waals surface area contributed by atoms with E-state index in [4.69, 9.17) is 0 Å². The smallest absolute Gasteiger partial charge is 0.101 e. The van der Waals surface area contributed by atoms with Crippen molar-refractivity contribution in [3.63, 3.8) is 0 Å². The second-order valence-corrected chi connectivity index (χ2v) is 7.93. The summed E-state index contributed by atoms with van der Waals surface area (Å²) in [4.78, 5) is 5.28. The van der Waals surface area contributed by atoms with Crippen LogP contribution in [0.15, 0.2) is 12.4 Å². The van der Waals surface area contributed by atoms with Crippen molar-refractivity contribution in [2.45, 2.75) is 123 Å². The largest absolute Gasteiger partial charge is 0.356 e. The van der Waals surface area contributed by atoms with Crippen LogP contribution in [-0.2, 0) is 0 Å². The third kappa shape index (κ3) is 10.2. The van der Waals surface area contributed by atoms with Gasteiger partial charge in [-0.1, -0.05) is 91.4 Å². The highest BCUT2D eigenvalue weighted by Crippen LogP contribution is 2.23. The minimum Gasteiger partial charge on any atom is -0.356 e. The minimum atomic E-state index is 0.648. The van der Waals surface area contributed by atoms with Gasteiger partial charge in [-0.2, -0.15) is 0 Å². The van der Waals surface area contributed by atoms with E-state index in [1.165, 1.54) is 109 Å². The monoisotopic (exact) mass is 350 g/mol. The molecule has 1 heterocycles. The maximum atomic E-state index is 2.64. The Morgan fingerprint density at radius 2 is 0.920 bits per heavy atom. The van der Waals surface area contributed by atoms with Crippen LogP contribution in [0, 0.1) is 0 Å². The van der Waals surface area contributed by atoms with Gasteiger partial charge in [0.1, 0.15) is 6.17 Å². The quantitative estimate of drug-likeness (QED) is 0.254. The first-order valence-corrected chi connectivity index (χ1v) is 11.5. The standard InChI is InChI=1S/C23H46N2/c1-4-7-10-13-14-15-18-23-24(19-16-11-8-5-2)21-22-25(23)20-17-12-9-6-3/h21-23H,4-20H2,1-3H3. The molecule has 0 bridgehead atoms. The van der Waals surface area contributed by atoms with E-state index < -0.39 is 0 Å². The van der Waals surface area contributed by atoms with E-state index in [1.807, 2.05) is 0 Å². The Hall–Kier alpha value is -0.660. The average Bonchev–Trinajstić information content (AvgIpc) is 3.00. The molecule has 0 radical (unpaired) electrons. The molecule has 1 rings (SSSR count). The van der Waals surface area contributed by atoms with Crippen LogP contribution < -0.4 is 0 Å². The third-order valence-electron chi connectivity index (χ3n) is 5.57. The van der Waals surface area contributed by atoms with Crippen LogP contribution in [0.3, 0.4) is 0 Å². The van der Waals surface area contributed by atoms with E-state index in [0.29, 0.717) is 6.17 Å². The van der Waals surface area contributed by atoms with E-state index in [9.17, 15) is 0 Å². The topological polar surface area (TPSA) is 6.48 Å². The number of unbranched alkanes of at least 4 members (excludes halogenated alkanes) is 11. The maximum Gasteiger partial charge on any atom is 0.101 e. The average molecular weight is 351 g/mol. The van der Waals surface area contributed by atoms with Crippen LogP contribution in [0.5, 0.6) is 0 Å². The fourth-order valence-corrected chi connectivity index (χ4v) is 3.89. The van der Waals surface area contributed by atoms with Gasteiger partial charge in [0.2, 0.25) is 0 Å². The van der Waals surface area contributed by atoms with Crippen molar-refractivity contribution in [1.82, 2.24) is 9.80 Å². The third-order valence-corrected chi connectivity index (χ3v) is 5.57. The number of hydrogen-bond acceptors (Lipinski definition) is 2. The summed E-state index contributed by atoms with van der Waals surface area (Å²) in [6.07, 6.45) is 26.1. The van der Waals surface area contributed by atoms with Gasteiger partial charge >= 0.3 is 0 Å². The molecule has 0 aromatic rings. The van der Waals surface area contributed by atoms with E-state index in [0.717, 1.165) is 0 Å². The van der Waals surface area contributed by atoms with E-state index in [-0.39, 0.29) is 0 Å². The highest BCUT2D eigenvalue weighted by atomic mass is 15.4. The molecule has 0 aromatic carbocycles. The summed E-state index contributed by atoms with van der Waals surface area (Å²) in [5, 5.41) is 0. The molecule has 2 heteroatoms. The van der Waals surface area contributed by atoms with Crippen molar-refractivity contribution in [2.75, 3.05) is 13.1 Å². The summed E-state index contributed by atoms with van der Waals surface area (Å²) < 4.78 is 0. The van der Waals surface area contributed by atoms with Gasteiger partial charge < -0.3 is 9.80 Å². The molecule has 2 nitrogen and oxygen atoms in total. The number of hydrogen-bond donors (Lipinski definition) is 0. The van der Waals surface area contributed by atoms with Gasteiger partial charge in [0.15, 0.2) is 0 Å². The molecule has 1 aliphatic heterocycles. The van der Waals surface area contributed by atoms with Crippen LogP contribution in [0.25, 0.3) is 0 Å². The summed E-state index contributed by atoms with van der Waals surface area (Å²) in [7, 11) is 0. The van der Waals surface area contributed by atoms with Crippen molar-refractivity contribution >= 4 is 0 Å². The Bertz CT molecular complexity index is 291. The fraction of sp³-hybridized carbons (Fsp3) is 0.913. The molecule has 0 N–H and O–H groups in total. The zero-order chi connectivity index (χ0) is 18.2. The Labute approximate surface area is 159 Å². The van der Waals surface area contributed by atoms with Gasteiger partial charge in [-0.3, -0.25) is 0 Å². The molecule has 0 saturated carbocycles. The zero-order valence-corrected chi connectivity index (χ0v) is 17.6. The fourth-order valence-electron chi connectivity index (χ4n) is 3.89. The van der Waals surface area contributed by atoms with Crippen molar-refractivity contribution in [1.29, 1.82) is 0 Å². The first-order chi connectivity index (χ1) is 12.3. The molecule has 0 unspecified atom stereocenters. The molecule has 0 fully saturated rings. The first-order valence-electron chi connectivity index (χ1n) is 11.5. The lowest BCUT2D eigenvalue weighted by Gasteiger charge is -2.33. The molecule has 0 atom stereocenters. The molecule has 0 amide bonds. The molecular formula is C23H46N2. The van der Waals surface area contributed by atoms with Gasteiger partial charge in [0, 0.05) is 25.5 Å². The predicted octanol–water partition coefficient (Wildman–Crippen LogP) is 7.31. The van der Waals surface area contributed by atoms with Gasteiger partial charge in [-0.25, -0.2) is 0 Å². The summed E-state index contributed by atoms with van der Waals surface area (Å²) in [6.45, 7) is 9.41. The minimum absolute atomic E-state index is 0.648.